The molecule has 1 aromatic rings. The number of benzene rings is 1. The van der Waals surface area contributed by atoms with Gasteiger partial charge >= 0.3 is 0 Å². The third kappa shape index (κ3) is 3.61. The van der Waals surface area contributed by atoms with Gasteiger partial charge in [0.05, 0.1) is 13.2 Å². The minimum atomic E-state index is 0.468. The van der Waals surface area contributed by atoms with Crippen LogP contribution in [0.2, 0.25) is 0 Å². The molecule has 0 aromatic heterocycles. The zero-order valence-corrected chi connectivity index (χ0v) is 14.0. The number of nitrogens with zero attached hydrogens (tertiary/aromatic N) is 2. The van der Waals surface area contributed by atoms with Crippen LogP contribution in [0.25, 0.3) is 0 Å². The Morgan fingerprint density at radius 3 is 2.43 bits per heavy atom. The normalized spacial score (nSPS) is 32.8. The van der Waals surface area contributed by atoms with Gasteiger partial charge < -0.3 is 15.0 Å². The molecule has 4 saturated heterocycles. The van der Waals surface area contributed by atoms with Gasteiger partial charge in [-0.2, -0.15) is 0 Å². The van der Waals surface area contributed by atoms with Crippen molar-refractivity contribution in [1.82, 2.24) is 15.1 Å². The molecule has 0 amide bonds. The van der Waals surface area contributed by atoms with Crippen LogP contribution < -0.4 is 5.32 Å². The average molecular weight is 315 g/mol. The van der Waals surface area contributed by atoms with Crippen LogP contribution in [0, 0.1) is 5.92 Å². The van der Waals surface area contributed by atoms with E-state index in [2.05, 4.69) is 45.4 Å². The van der Waals surface area contributed by atoms with Crippen molar-refractivity contribution in [2.45, 2.75) is 24.9 Å². The molecule has 4 aliphatic rings. The maximum absolute atomic E-state index is 5.55. The molecule has 2 bridgehead atoms. The van der Waals surface area contributed by atoms with E-state index in [0.717, 1.165) is 38.8 Å². The van der Waals surface area contributed by atoms with Gasteiger partial charge in [-0.25, -0.2) is 0 Å². The number of rotatable bonds is 5. The number of nitrogens with one attached hydrogen (secondary N) is 1. The minimum Gasteiger partial charge on any atom is -0.379 e. The summed E-state index contributed by atoms with van der Waals surface area (Å²) in [6, 6.07) is 12.1. The van der Waals surface area contributed by atoms with Crippen molar-refractivity contribution in [2.24, 2.45) is 5.92 Å². The number of piperidine rings is 3. The number of ether oxygens (including phenoxy) is 1. The summed E-state index contributed by atoms with van der Waals surface area (Å²) in [5.74, 6) is 0.890. The highest BCUT2D eigenvalue weighted by Crippen LogP contribution is 2.28. The zero-order valence-electron chi connectivity index (χ0n) is 14.0. The molecule has 5 rings (SSSR count). The summed E-state index contributed by atoms with van der Waals surface area (Å²) >= 11 is 0. The fourth-order valence-corrected chi connectivity index (χ4v) is 4.48. The van der Waals surface area contributed by atoms with Crippen LogP contribution in [0.1, 0.15) is 24.4 Å². The molecule has 4 heterocycles. The Balaban J connectivity index is 1.43. The first-order chi connectivity index (χ1) is 11.4. The summed E-state index contributed by atoms with van der Waals surface area (Å²) in [6.07, 6.45) is 2.76. The minimum absolute atomic E-state index is 0.468. The highest BCUT2D eigenvalue weighted by atomic mass is 16.5. The van der Waals surface area contributed by atoms with Crippen LogP contribution in [0.4, 0.5) is 0 Å². The number of hydrogen-bond acceptors (Lipinski definition) is 4. The van der Waals surface area contributed by atoms with Gasteiger partial charge in [0.1, 0.15) is 0 Å². The van der Waals surface area contributed by atoms with Gasteiger partial charge in [-0.3, -0.25) is 4.90 Å². The molecule has 4 heteroatoms. The van der Waals surface area contributed by atoms with Crippen molar-refractivity contribution in [2.75, 3.05) is 52.5 Å². The predicted molar refractivity (Wildman–Crippen MR) is 92.5 cm³/mol. The number of hydrogen-bond donors (Lipinski definition) is 1. The van der Waals surface area contributed by atoms with Gasteiger partial charge in [-0.05, 0) is 37.4 Å². The molecule has 0 saturated carbocycles. The molecule has 0 spiro atoms. The largest absolute Gasteiger partial charge is 0.379 e. The van der Waals surface area contributed by atoms with Gasteiger partial charge in [0, 0.05) is 38.3 Å². The van der Waals surface area contributed by atoms with Gasteiger partial charge in [-0.15, -0.1) is 0 Å². The van der Waals surface area contributed by atoms with Crippen LogP contribution >= 0.6 is 0 Å². The summed E-state index contributed by atoms with van der Waals surface area (Å²) < 4.78 is 5.55. The summed E-state index contributed by atoms with van der Waals surface area (Å²) in [5, 5.41) is 3.92. The molecule has 4 fully saturated rings. The molecule has 4 nitrogen and oxygen atoms in total. The number of morpholine rings is 1. The van der Waals surface area contributed by atoms with Crippen molar-refractivity contribution in [3.63, 3.8) is 0 Å². The van der Waals surface area contributed by atoms with E-state index in [1.165, 1.54) is 38.0 Å². The van der Waals surface area contributed by atoms with Gasteiger partial charge in [-0.1, -0.05) is 30.3 Å². The van der Waals surface area contributed by atoms with Crippen molar-refractivity contribution in [1.29, 1.82) is 0 Å². The molecule has 1 N–H and O–H groups in total. The number of fused-ring (bicyclic) bond motifs is 3. The Bertz CT molecular complexity index is 481. The van der Waals surface area contributed by atoms with Crippen molar-refractivity contribution in [3.05, 3.63) is 35.9 Å². The lowest BCUT2D eigenvalue weighted by atomic mass is 9.84. The lowest BCUT2D eigenvalue weighted by Gasteiger charge is -2.46. The van der Waals surface area contributed by atoms with E-state index in [-0.39, 0.29) is 0 Å². The van der Waals surface area contributed by atoms with Crippen molar-refractivity contribution in [3.8, 4) is 0 Å². The average Bonchev–Trinajstić information content (AvgIpc) is 2.65. The lowest BCUT2D eigenvalue weighted by Crippen LogP contribution is -2.57. The molecule has 126 valence electrons. The second-order valence-electron chi connectivity index (χ2n) is 7.23. The third-order valence-electron chi connectivity index (χ3n) is 5.90. The van der Waals surface area contributed by atoms with E-state index in [0.29, 0.717) is 12.1 Å². The molecule has 4 aliphatic heterocycles. The second-order valence-corrected chi connectivity index (χ2v) is 7.23. The Morgan fingerprint density at radius 1 is 1.04 bits per heavy atom. The first-order valence-electron chi connectivity index (χ1n) is 9.22. The Kier molecular flexibility index (Phi) is 4.95. The molecule has 0 aliphatic carbocycles. The van der Waals surface area contributed by atoms with Crippen molar-refractivity contribution < 1.29 is 4.74 Å². The standard InChI is InChI=1S/C19H29N3O/c1-2-4-17(5-3-1)19(22-10-12-23-13-11-22)14-20-18-15-21-8-6-16(18)7-9-21/h1-5,16,18-20H,6-15H2/t18-,19-/m1/s1. The predicted octanol–water partition coefficient (Wildman–Crippen LogP) is 1.74. The van der Waals surface area contributed by atoms with Crippen LogP contribution in [0.15, 0.2) is 30.3 Å². The maximum atomic E-state index is 5.55. The fourth-order valence-electron chi connectivity index (χ4n) is 4.48. The van der Waals surface area contributed by atoms with Gasteiger partial charge in [0.25, 0.3) is 0 Å². The third-order valence-corrected chi connectivity index (χ3v) is 5.90. The van der Waals surface area contributed by atoms with E-state index in [4.69, 9.17) is 4.74 Å². The SMILES string of the molecule is c1ccc([C@@H](CN[C@@H]2CN3CCC2CC3)N2CCOCC2)cc1. The highest BCUT2D eigenvalue weighted by Gasteiger charge is 2.34. The summed E-state index contributed by atoms with van der Waals surface area (Å²) in [6.45, 7) is 8.74. The Hall–Kier alpha value is -0.940. The summed E-state index contributed by atoms with van der Waals surface area (Å²) in [4.78, 5) is 5.22. The summed E-state index contributed by atoms with van der Waals surface area (Å²) in [7, 11) is 0. The Labute approximate surface area is 139 Å². The van der Waals surface area contributed by atoms with E-state index in [9.17, 15) is 0 Å². The summed E-state index contributed by atoms with van der Waals surface area (Å²) in [5.41, 5.74) is 1.43. The zero-order chi connectivity index (χ0) is 15.5. The van der Waals surface area contributed by atoms with E-state index in [1.807, 2.05) is 0 Å². The van der Waals surface area contributed by atoms with E-state index >= 15 is 0 Å². The van der Waals surface area contributed by atoms with Gasteiger partial charge in [0.15, 0.2) is 0 Å². The Morgan fingerprint density at radius 2 is 1.78 bits per heavy atom. The fraction of sp³-hybridized carbons (Fsp3) is 0.684. The monoisotopic (exact) mass is 315 g/mol. The van der Waals surface area contributed by atoms with Gasteiger partial charge in [0.2, 0.25) is 0 Å². The lowest BCUT2D eigenvalue weighted by molar-refractivity contribution is 0.0119. The molecule has 23 heavy (non-hydrogen) atoms. The van der Waals surface area contributed by atoms with Crippen LogP contribution in [0.3, 0.4) is 0 Å². The smallest absolute Gasteiger partial charge is 0.0594 e. The quantitative estimate of drug-likeness (QED) is 0.896. The maximum Gasteiger partial charge on any atom is 0.0594 e. The van der Waals surface area contributed by atoms with Crippen LogP contribution in [-0.4, -0.2) is 68.3 Å². The molecule has 1 aromatic carbocycles. The van der Waals surface area contributed by atoms with E-state index in [1.54, 1.807) is 0 Å². The molecular formula is C19H29N3O. The molecule has 0 unspecified atom stereocenters. The second kappa shape index (κ2) is 7.31. The van der Waals surface area contributed by atoms with E-state index < -0.39 is 0 Å². The molecule has 0 radical (unpaired) electrons. The first-order valence-corrected chi connectivity index (χ1v) is 9.22. The first kappa shape index (κ1) is 15.6. The van der Waals surface area contributed by atoms with Crippen LogP contribution in [-0.2, 0) is 4.74 Å². The van der Waals surface area contributed by atoms with Crippen molar-refractivity contribution >= 4 is 0 Å². The van der Waals surface area contributed by atoms with Crippen LogP contribution in [0.5, 0.6) is 0 Å². The highest BCUT2D eigenvalue weighted by molar-refractivity contribution is 5.19. The molecule has 2 atom stereocenters. The topological polar surface area (TPSA) is 27.7 Å². The molecular weight excluding hydrogens is 286 g/mol.